The van der Waals surface area contributed by atoms with E-state index in [-0.39, 0.29) is 0 Å². The number of halogens is 3. The number of hydrogen-bond donors (Lipinski definition) is 1. The van der Waals surface area contributed by atoms with E-state index in [2.05, 4.69) is 15.9 Å². The molecule has 1 N–H and O–H groups in total. The molecule has 0 spiro atoms. The number of aliphatic hydroxyl groups excluding tert-OH is 1. The topological polar surface area (TPSA) is 20.2 Å². The molecular weight excluding hydrogens is 287 g/mol. The molecule has 14 heavy (non-hydrogen) atoms. The number of hydrogen-bond acceptors (Lipinski definition) is 1. The Morgan fingerprint density at radius 3 is 2.29 bits per heavy atom. The highest BCUT2D eigenvalue weighted by Crippen LogP contribution is 2.30. The Morgan fingerprint density at radius 1 is 1.21 bits per heavy atom. The number of aliphatic hydroxyl groups is 1. The lowest BCUT2D eigenvalue weighted by Gasteiger charge is -2.16. The molecule has 0 saturated heterocycles. The molecule has 1 aromatic carbocycles. The average molecular weight is 298 g/mol. The van der Waals surface area contributed by atoms with E-state index in [0.29, 0.717) is 0 Å². The summed E-state index contributed by atoms with van der Waals surface area (Å²) in [4.78, 5) is -0.797. The second-order valence-electron chi connectivity index (χ2n) is 3.17. The van der Waals surface area contributed by atoms with Gasteiger partial charge in [-0.05, 0) is 36.6 Å². The van der Waals surface area contributed by atoms with E-state index in [1.807, 2.05) is 26.0 Å². The van der Waals surface area contributed by atoms with Crippen LogP contribution in [0.15, 0.2) is 16.6 Å². The third kappa shape index (κ3) is 2.43. The highest BCUT2D eigenvalue weighted by molar-refractivity contribution is 9.10. The van der Waals surface area contributed by atoms with Gasteiger partial charge in [0.15, 0.2) is 0 Å². The van der Waals surface area contributed by atoms with Gasteiger partial charge in [-0.25, -0.2) is 0 Å². The van der Waals surface area contributed by atoms with Gasteiger partial charge in [0.25, 0.3) is 0 Å². The molecule has 1 unspecified atom stereocenters. The summed E-state index contributed by atoms with van der Waals surface area (Å²) in [5, 5.41) is 9.71. The number of alkyl halides is 2. The minimum absolute atomic E-state index is 0.778. The lowest BCUT2D eigenvalue weighted by Crippen LogP contribution is -2.08. The summed E-state index contributed by atoms with van der Waals surface area (Å²) >= 11 is 14.7. The first-order chi connectivity index (χ1) is 6.45. The summed E-state index contributed by atoms with van der Waals surface area (Å²) in [5.74, 6) is 0. The smallest absolute Gasteiger partial charge is 0.137 e. The van der Waals surface area contributed by atoms with Crippen LogP contribution in [0.25, 0.3) is 0 Å². The molecule has 1 nitrogen and oxygen atoms in total. The van der Waals surface area contributed by atoms with Gasteiger partial charge in [-0.1, -0.05) is 22.0 Å². The van der Waals surface area contributed by atoms with Crippen LogP contribution < -0.4 is 0 Å². The Balaban J connectivity index is 3.17. The van der Waals surface area contributed by atoms with Crippen LogP contribution in [0.5, 0.6) is 0 Å². The monoisotopic (exact) mass is 296 g/mol. The van der Waals surface area contributed by atoms with Gasteiger partial charge in [0.05, 0.1) is 0 Å². The van der Waals surface area contributed by atoms with E-state index >= 15 is 0 Å². The minimum Gasteiger partial charge on any atom is -0.386 e. The van der Waals surface area contributed by atoms with E-state index < -0.39 is 10.9 Å². The average Bonchev–Trinajstić information content (AvgIpc) is 2.13. The third-order valence-electron chi connectivity index (χ3n) is 2.32. The molecule has 1 rings (SSSR count). The van der Waals surface area contributed by atoms with Crippen molar-refractivity contribution in [2.24, 2.45) is 0 Å². The lowest BCUT2D eigenvalue weighted by atomic mass is 10.00. The van der Waals surface area contributed by atoms with Crippen molar-refractivity contribution < 1.29 is 5.11 Å². The van der Waals surface area contributed by atoms with Gasteiger partial charge in [0.1, 0.15) is 10.9 Å². The van der Waals surface area contributed by atoms with E-state index in [1.165, 1.54) is 0 Å². The minimum atomic E-state index is -0.829. The maximum absolute atomic E-state index is 9.71. The number of rotatable bonds is 2. The number of benzene rings is 1. The van der Waals surface area contributed by atoms with Crippen molar-refractivity contribution in [1.82, 2.24) is 0 Å². The third-order valence-corrected chi connectivity index (χ3v) is 3.66. The van der Waals surface area contributed by atoms with Crippen LogP contribution in [0.1, 0.15) is 22.8 Å². The first kappa shape index (κ1) is 12.3. The summed E-state index contributed by atoms with van der Waals surface area (Å²) in [7, 11) is 0. The summed E-state index contributed by atoms with van der Waals surface area (Å²) in [5.41, 5.74) is 2.88. The van der Waals surface area contributed by atoms with E-state index in [0.717, 1.165) is 21.2 Å². The van der Waals surface area contributed by atoms with Crippen molar-refractivity contribution in [3.05, 3.63) is 33.3 Å². The highest BCUT2D eigenvalue weighted by Gasteiger charge is 2.18. The van der Waals surface area contributed by atoms with Gasteiger partial charge in [0, 0.05) is 4.47 Å². The van der Waals surface area contributed by atoms with Crippen LogP contribution >= 0.6 is 39.1 Å². The zero-order chi connectivity index (χ0) is 10.9. The van der Waals surface area contributed by atoms with Gasteiger partial charge >= 0.3 is 0 Å². The van der Waals surface area contributed by atoms with Crippen LogP contribution in [0.3, 0.4) is 0 Å². The quantitative estimate of drug-likeness (QED) is 0.821. The molecule has 0 aliphatic rings. The standard InChI is InChI=1S/C10H11BrCl2O/c1-5-6(2)8(11)4-3-7(5)9(14)10(12)13/h3-4,9-10,14H,1-2H3. The summed E-state index contributed by atoms with van der Waals surface area (Å²) in [6, 6.07) is 3.71. The molecule has 78 valence electrons. The van der Waals surface area contributed by atoms with Crippen molar-refractivity contribution in [3.63, 3.8) is 0 Å². The van der Waals surface area contributed by atoms with Crippen molar-refractivity contribution in [1.29, 1.82) is 0 Å². The lowest BCUT2D eigenvalue weighted by molar-refractivity contribution is 0.192. The fourth-order valence-corrected chi connectivity index (χ4v) is 1.97. The molecule has 0 aliphatic heterocycles. The van der Waals surface area contributed by atoms with E-state index in [4.69, 9.17) is 23.2 Å². The van der Waals surface area contributed by atoms with Gasteiger partial charge in [-0.15, -0.1) is 23.2 Å². The van der Waals surface area contributed by atoms with Crippen molar-refractivity contribution >= 4 is 39.1 Å². The second-order valence-corrected chi connectivity index (χ2v) is 5.18. The van der Waals surface area contributed by atoms with Crippen molar-refractivity contribution in [2.45, 2.75) is 24.8 Å². The molecule has 0 bridgehead atoms. The fraction of sp³-hybridized carbons (Fsp3) is 0.400. The zero-order valence-electron chi connectivity index (χ0n) is 7.89. The van der Waals surface area contributed by atoms with Gasteiger partial charge in [0.2, 0.25) is 0 Å². The molecule has 1 aromatic rings. The molecular formula is C10H11BrCl2O. The predicted octanol–water partition coefficient (Wildman–Crippen LogP) is 3.90. The molecule has 0 radical (unpaired) electrons. The fourth-order valence-electron chi connectivity index (χ4n) is 1.26. The van der Waals surface area contributed by atoms with Crippen LogP contribution in [-0.2, 0) is 0 Å². The molecule has 0 aromatic heterocycles. The van der Waals surface area contributed by atoms with Gasteiger partial charge in [-0.3, -0.25) is 0 Å². The Morgan fingerprint density at radius 2 is 1.79 bits per heavy atom. The molecule has 0 heterocycles. The first-order valence-electron chi connectivity index (χ1n) is 4.17. The molecule has 0 amide bonds. The van der Waals surface area contributed by atoms with E-state index in [9.17, 15) is 5.11 Å². The Kier molecular flexibility index (Phi) is 4.26. The highest BCUT2D eigenvalue weighted by atomic mass is 79.9. The molecule has 4 heteroatoms. The Hall–Kier alpha value is 0.240. The summed E-state index contributed by atoms with van der Waals surface area (Å²) in [6.07, 6.45) is -0.829. The molecule has 1 atom stereocenters. The van der Waals surface area contributed by atoms with Gasteiger partial charge in [-0.2, -0.15) is 0 Å². The maximum atomic E-state index is 9.71. The van der Waals surface area contributed by atoms with Gasteiger partial charge < -0.3 is 5.11 Å². The molecule has 0 aliphatic carbocycles. The zero-order valence-corrected chi connectivity index (χ0v) is 11.0. The predicted molar refractivity (Wildman–Crippen MR) is 64.1 cm³/mol. The Bertz CT molecular complexity index is 339. The van der Waals surface area contributed by atoms with Crippen LogP contribution in [0.4, 0.5) is 0 Å². The Labute approximate surface area is 102 Å². The first-order valence-corrected chi connectivity index (χ1v) is 5.83. The molecule has 0 fully saturated rings. The maximum Gasteiger partial charge on any atom is 0.137 e. The normalized spacial score (nSPS) is 13.4. The largest absolute Gasteiger partial charge is 0.386 e. The van der Waals surface area contributed by atoms with Crippen molar-refractivity contribution in [2.75, 3.05) is 0 Å². The van der Waals surface area contributed by atoms with Crippen LogP contribution in [0.2, 0.25) is 0 Å². The van der Waals surface area contributed by atoms with Crippen molar-refractivity contribution in [3.8, 4) is 0 Å². The second kappa shape index (κ2) is 4.84. The SMILES string of the molecule is Cc1c(Br)ccc(C(O)C(Cl)Cl)c1C. The van der Waals surface area contributed by atoms with E-state index in [1.54, 1.807) is 0 Å². The summed E-state index contributed by atoms with van der Waals surface area (Å²) in [6.45, 7) is 3.92. The van der Waals surface area contributed by atoms with Crippen LogP contribution in [0, 0.1) is 13.8 Å². The van der Waals surface area contributed by atoms with Crippen LogP contribution in [-0.4, -0.2) is 9.94 Å². The summed E-state index contributed by atoms with van der Waals surface area (Å²) < 4.78 is 1.02. The molecule has 0 saturated carbocycles.